The summed E-state index contributed by atoms with van der Waals surface area (Å²) in [6.45, 7) is 9.13. The first-order chi connectivity index (χ1) is 8.50. The molecule has 0 aliphatic rings. The Morgan fingerprint density at radius 3 is 2.56 bits per heavy atom. The van der Waals surface area contributed by atoms with E-state index in [1.807, 2.05) is 30.9 Å². The van der Waals surface area contributed by atoms with Crippen LogP contribution in [-0.2, 0) is 13.6 Å². The fourth-order valence-corrected chi connectivity index (χ4v) is 2.16. The van der Waals surface area contributed by atoms with Crippen molar-refractivity contribution in [3.8, 4) is 0 Å². The van der Waals surface area contributed by atoms with Gasteiger partial charge in [0.15, 0.2) is 0 Å². The van der Waals surface area contributed by atoms with E-state index < -0.39 is 0 Å². The standard InChI is InChI=1S/C13H21N5/c1-9(2)18-11(4)13(10(3)16-18)15-8-12-14-6-7-17(12)5/h6-7,9,15H,8H2,1-5H3. The second-order valence-corrected chi connectivity index (χ2v) is 4.89. The number of imidazole rings is 1. The minimum atomic E-state index is 0.382. The van der Waals surface area contributed by atoms with Gasteiger partial charge in [0.05, 0.1) is 23.6 Å². The van der Waals surface area contributed by atoms with Gasteiger partial charge in [-0.25, -0.2) is 4.98 Å². The highest BCUT2D eigenvalue weighted by atomic mass is 15.3. The van der Waals surface area contributed by atoms with Gasteiger partial charge in [-0.15, -0.1) is 0 Å². The van der Waals surface area contributed by atoms with Crippen molar-refractivity contribution in [1.82, 2.24) is 19.3 Å². The molecule has 0 spiro atoms. The third kappa shape index (κ3) is 2.25. The van der Waals surface area contributed by atoms with E-state index in [4.69, 9.17) is 0 Å². The van der Waals surface area contributed by atoms with Crippen LogP contribution in [0.2, 0.25) is 0 Å². The summed E-state index contributed by atoms with van der Waals surface area (Å²) in [5.74, 6) is 1.02. The Bertz CT molecular complexity index is 536. The molecule has 5 nitrogen and oxygen atoms in total. The van der Waals surface area contributed by atoms with Crippen LogP contribution >= 0.6 is 0 Å². The number of nitrogens with one attached hydrogen (secondary N) is 1. The summed E-state index contributed by atoms with van der Waals surface area (Å²) in [7, 11) is 2.00. The van der Waals surface area contributed by atoms with Crippen LogP contribution in [0.15, 0.2) is 12.4 Å². The highest BCUT2D eigenvalue weighted by molar-refractivity contribution is 5.52. The van der Waals surface area contributed by atoms with Gasteiger partial charge >= 0.3 is 0 Å². The van der Waals surface area contributed by atoms with Crippen molar-refractivity contribution in [2.24, 2.45) is 7.05 Å². The Kier molecular flexibility index (Phi) is 3.41. The Labute approximate surface area is 108 Å². The number of nitrogens with zero attached hydrogens (tertiary/aromatic N) is 4. The highest BCUT2D eigenvalue weighted by Gasteiger charge is 2.13. The van der Waals surface area contributed by atoms with Crippen LogP contribution in [0.25, 0.3) is 0 Å². The zero-order chi connectivity index (χ0) is 13.3. The molecule has 2 aromatic rings. The van der Waals surface area contributed by atoms with Gasteiger partial charge in [0.1, 0.15) is 5.82 Å². The quantitative estimate of drug-likeness (QED) is 0.902. The molecule has 1 N–H and O–H groups in total. The molecule has 0 bridgehead atoms. The van der Waals surface area contributed by atoms with Gasteiger partial charge < -0.3 is 9.88 Å². The second-order valence-electron chi connectivity index (χ2n) is 4.89. The van der Waals surface area contributed by atoms with Gasteiger partial charge in [-0.2, -0.15) is 5.10 Å². The van der Waals surface area contributed by atoms with Crippen LogP contribution in [0.4, 0.5) is 5.69 Å². The fraction of sp³-hybridized carbons (Fsp3) is 0.538. The van der Waals surface area contributed by atoms with Gasteiger partial charge in [0.2, 0.25) is 0 Å². The lowest BCUT2D eigenvalue weighted by Gasteiger charge is -2.10. The van der Waals surface area contributed by atoms with Crippen molar-refractivity contribution >= 4 is 5.69 Å². The average Bonchev–Trinajstić information content (AvgIpc) is 2.82. The Balaban J connectivity index is 2.17. The van der Waals surface area contributed by atoms with E-state index in [-0.39, 0.29) is 0 Å². The van der Waals surface area contributed by atoms with E-state index in [0.717, 1.165) is 23.8 Å². The number of aromatic nitrogens is 4. The molecular weight excluding hydrogens is 226 g/mol. The summed E-state index contributed by atoms with van der Waals surface area (Å²) in [6, 6.07) is 0.382. The Morgan fingerprint density at radius 1 is 1.33 bits per heavy atom. The van der Waals surface area contributed by atoms with E-state index in [2.05, 4.69) is 40.9 Å². The number of anilines is 1. The van der Waals surface area contributed by atoms with Crippen molar-refractivity contribution in [1.29, 1.82) is 0 Å². The first-order valence-electron chi connectivity index (χ1n) is 6.26. The molecule has 2 rings (SSSR count). The zero-order valence-corrected chi connectivity index (χ0v) is 11.7. The summed E-state index contributed by atoms with van der Waals surface area (Å²) in [5, 5.41) is 7.99. The van der Waals surface area contributed by atoms with Gasteiger partial charge in [-0.3, -0.25) is 4.68 Å². The molecule has 0 aliphatic heterocycles. The van der Waals surface area contributed by atoms with Crippen LogP contribution in [0.5, 0.6) is 0 Å². The summed E-state index contributed by atoms with van der Waals surface area (Å²) >= 11 is 0. The van der Waals surface area contributed by atoms with Gasteiger partial charge in [-0.1, -0.05) is 0 Å². The van der Waals surface area contributed by atoms with Crippen molar-refractivity contribution in [3.05, 3.63) is 29.6 Å². The lowest BCUT2D eigenvalue weighted by molar-refractivity contribution is 0.516. The van der Waals surface area contributed by atoms with Crippen LogP contribution in [0, 0.1) is 13.8 Å². The van der Waals surface area contributed by atoms with Gasteiger partial charge in [0.25, 0.3) is 0 Å². The largest absolute Gasteiger partial charge is 0.375 e. The summed E-state index contributed by atoms with van der Waals surface area (Å²) in [6.07, 6.45) is 3.77. The van der Waals surface area contributed by atoms with Gasteiger partial charge in [0, 0.05) is 25.5 Å². The highest BCUT2D eigenvalue weighted by Crippen LogP contribution is 2.22. The number of hydrogen-bond donors (Lipinski definition) is 1. The smallest absolute Gasteiger partial charge is 0.127 e. The Morgan fingerprint density at radius 2 is 2.06 bits per heavy atom. The van der Waals surface area contributed by atoms with E-state index >= 15 is 0 Å². The van der Waals surface area contributed by atoms with E-state index in [1.165, 1.54) is 5.69 Å². The van der Waals surface area contributed by atoms with Crippen LogP contribution < -0.4 is 5.32 Å². The van der Waals surface area contributed by atoms with Crippen LogP contribution in [0.1, 0.15) is 37.1 Å². The lowest BCUT2D eigenvalue weighted by atomic mass is 10.3. The van der Waals surface area contributed by atoms with Gasteiger partial charge in [-0.05, 0) is 27.7 Å². The Hall–Kier alpha value is -1.78. The molecule has 0 unspecified atom stereocenters. The maximum absolute atomic E-state index is 4.56. The molecule has 0 aromatic carbocycles. The average molecular weight is 247 g/mol. The minimum absolute atomic E-state index is 0.382. The molecule has 0 amide bonds. The topological polar surface area (TPSA) is 47.7 Å². The van der Waals surface area contributed by atoms with Crippen LogP contribution in [-0.4, -0.2) is 19.3 Å². The molecule has 5 heteroatoms. The normalized spacial score (nSPS) is 11.2. The molecule has 2 heterocycles. The SMILES string of the molecule is Cc1nn(C(C)C)c(C)c1NCc1nccn1C. The van der Waals surface area contributed by atoms with Crippen molar-refractivity contribution in [2.45, 2.75) is 40.3 Å². The third-order valence-corrected chi connectivity index (χ3v) is 3.16. The molecule has 0 saturated carbocycles. The molecule has 0 radical (unpaired) electrons. The summed E-state index contributed by atoms with van der Waals surface area (Å²) < 4.78 is 4.07. The lowest BCUT2D eigenvalue weighted by Crippen LogP contribution is -2.08. The molecule has 0 fully saturated rings. The van der Waals surface area contributed by atoms with Crippen molar-refractivity contribution in [3.63, 3.8) is 0 Å². The third-order valence-electron chi connectivity index (χ3n) is 3.16. The minimum Gasteiger partial charge on any atom is -0.375 e. The predicted octanol–water partition coefficient (Wildman–Crippen LogP) is 2.43. The zero-order valence-electron chi connectivity index (χ0n) is 11.7. The maximum Gasteiger partial charge on any atom is 0.127 e. The van der Waals surface area contributed by atoms with E-state index in [1.54, 1.807) is 0 Å². The predicted molar refractivity (Wildman–Crippen MR) is 72.6 cm³/mol. The van der Waals surface area contributed by atoms with Crippen molar-refractivity contribution in [2.75, 3.05) is 5.32 Å². The molecule has 2 aromatic heterocycles. The molecule has 0 aliphatic carbocycles. The first-order valence-corrected chi connectivity index (χ1v) is 6.26. The molecule has 98 valence electrons. The number of hydrogen-bond acceptors (Lipinski definition) is 3. The summed E-state index contributed by atoms with van der Waals surface area (Å²) in [5.41, 5.74) is 3.33. The second kappa shape index (κ2) is 4.84. The number of rotatable bonds is 4. The summed E-state index contributed by atoms with van der Waals surface area (Å²) in [4.78, 5) is 4.31. The maximum atomic E-state index is 4.56. The molecular formula is C13H21N5. The first kappa shape index (κ1) is 12.7. The number of aryl methyl sites for hydroxylation is 2. The van der Waals surface area contributed by atoms with Crippen LogP contribution in [0.3, 0.4) is 0 Å². The molecule has 0 atom stereocenters. The molecule has 0 saturated heterocycles. The van der Waals surface area contributed by atoms with E-state index in [9.17, 15) is 0 Å². The fourth-order valence-electron chi connectivity index (χ4n) is 2.16. The van der Waals surface area contributed by atoms with Crippen molar-refractivity contribution < 1.29 is 0 Å². The van der Waals surface area contributed by atoms with E-state index in [0.29, 0.717) is 6.04 Å². The monoisotopic (exact) mass is 247 g/mol. The molecule has 18 heavy (non-hydrogen) atoms.